The first-order chi connectivity index (χ1) is 12.0. The van der Waals surface area contributed by atoms with E-state index in [1.54, 1.807) is 18.3 Å². The fraction of sp³-hybridized carbons (Fsp3) is 0.158. The lowest BCUT2D eigenvalue weighted by Gasteiger charge is -2.11. The molecule has 0 unspecified atom stereocenters. The maximum Gasteiger partial charge on any atom is 0.234 e. The standard InChI is InChI=1S/C19H18FN3OS/c1-13-6-7-17(14(2)10-13)23-9-8-21-19(23)25-12-18(24)22-16-5-3-4-15(20)11-16/h3-11H,12H2,1-2H3,(H,22,24). The normalized spacial score (nSPS) is 10.7. The molecule has 6 heteroatoms. The van der Waals surface area contributed by atoms with Crippen molar-refractivity contribution in [3.8, 4) is 5.69 Å². The van der Waals surface area contributed by atoms with Crippen LogP contribution in [0.3, 0.4) is 0 Å². The molecule has 1 aromatic heterocycles. The Hall–Kier alpha value is -2.60. The second kappa shape index (κ2) is 7.53. The van der Waals surface area contributed by atoms with Crippen molar-refractivity contribution in [1.82, 2.24) is 9.55 Å². The topological polar surface area (TPSA) is 46.9 Å². The first-order valence-corrected chi connectivity index (χ1v) is 8.81. The molecular formula is C19H18FN3OS. The van der Waals surface area contributed by atoms with Gasteiger partial charge in [0.1, 0.15) is 5.82 Å². The zero-order chi connectivity index (χ0) is 17.8. The molecule has 1 amide bonds. The lowest BCUT2D eigenvalue weighted by Crippen LogP contribution is -2.14. The van der Waals surface area contributed by atoms with Crippen LogP contribution in [-0.4, -0.2) is 21.2 Å². The molecule has 0 aliphatic carbocycles. The van der Waals surface area contributed by atoms with E-state index in [-0.39, 0.29) is 17.5 Å². The summed E-state index contributed by atoms with van der Waals surface area (Å²) in [5.74, 6) is -0.389. The Morgan fingerprint density at radius 1 is 1.24 bits per heavy atom. The van der Waals surface area contributed by atoms with E-state index in [1.165, 1.54) is 29.5 Å². The van der Waals surface area contributed by atoms with Gasteiger partial charge in [0.15, 0.2) is 5.16 Å². The van der Waals surface area contributed by atoms with E-state index in [2.05, 4.69) is 23.3 Å². The number of aryl methyl sites for hydroxylation is 2. The Morgan fingerprint density at radius 3 is 2.84 bits per heavy atom. The second-order valence-electron chi connectivity index (χ2n) is 5.72. The van der Waals surface area contributed by atoms with Crippen molar-refractivity contribution in [2.24, 2.45) is 0 Å². The molecule has 0 radical (unpaired) electrons. The lowest BCUT2D eigenvalue weighted by molar-refractivity contribution is -0.113. The average molecular weight is 355 g/mol. The Labute approximate surface area is 150 Å². The molecule has 4 nitrogen and oxygen atoms in total. The van der Waals surface area contributed by atoms with Gasteiger partial charge in [0.25, 0.3) is 0 Å². The van der Waals surface area contributed by atoms with Crippen molar-refractivity contribution in [2.75, 3.05) is 11.1 Å². The number of anilines is 1. The van der Waals surface area contributed by atoms with Gasteiger partial charge in [-0.3, -0.25) is 9.36 Å². The smallest absolute Gasteiger partial charge is 0.234 e. The number of halogens is 1. The molecule has 25 heavy (non-hydrogen) atoms. The molecule has 0 aliphatic rings. The zero-order valence-corrected chi connectivity index (χ0v) is 14.8. The number of nitrogens with zero attached hydrogens (tertiary/aromatic N) is 2. The number of carbonyl (C=O) groups is 1. The van der Waals surface area contributed by atoms with E-state index in [0.29, 0.717) is 5.69 Å². The third kappa shape index (κ3) is 4.28. The molecule has 1 heterocycles. The molecule has 3 rings (SSSR count). The van der Waals surface area contributed by atoms with Gasteiger partial charge in [-0.15, -0.1) is 0 Å². The second-order valence-corrected chi connectivity index (χ2v) is 6.66. The first kappa shape index (κ1) is 17.2. The van der Waals surface area contributed by atoms with Crippen LogP contribution in [-0.2, 0) is 4.79 Å². The SMILES string of the molecule is Cc1ccc(-n2ccnc2SCC(=O)Nc2cccc(F)c2)c(C)c1. The highest BCUT2D eigenvalue weighted by Crippen LogP contribution is 2.23. The zero-order valence-electron chi connectivity index (χ0n) is 14.0. The Morgan fingerprint density at radius 2 is 2.08 bits per heavy atom. The summed E-state index contributed by atoms with van der Waals surface area (Å²) in [6.45, 7) is 4.10. The van der Waals surface area contributed by atoms with Gasteiger partial charge in [-0.05, 0) is 43.7 Å². The van der Waals surface area contributed by atoms with Crippen LogP contribution < -0.4 is 5.32 Å². The van der Waals surface area contributed by atoms with Gasteiger partial charge in [0.05, 0.1) is 11.4 Å². The van der Waals surface area contributed by atoms with E-state index in [1.807, 2.05) is 29.8 Å². The highest BCUT2D eigenvalue weighted by molar-refractivity contribution is 7.99. The molecule has 0 fully saturated rings. The summed E-state index contributed by atoms with van der Waals surface area (Å²) < 4.78 is 15.1. The maximum atomic E-state index is 13.2. The summed E-state index contributed by atoms with van der Waals surface area (Å²) in [5, 5.41) is 3.42. The van der Waals surface area contributed by atoms with Crippen molar-refractivity contribution in [3.05, 3.63) is 71.8 Å². The van der Waals surface area contributed by atoms with Crippen molar-refractivity contribution in [2.45, 2.75) is 19.0 Å². The molecular weight excluding hydrogens is 337 g/mol. The molecule has 0 atom stereocenters. The number of thioether (sulfide) groups is 1. The summed E-state index contributed by atoms with van der Waals surface area (Å²) in [6, 6.07) is 12.1. The van der Waals surface area contributed by atoms with Crippen LogP contribution >= 0.6 is 11.8 Å². The number of amides is 1. The minimum Gasteiger partial charge on any atom is -0.325 e. The molecule has 0 saturated carbocycles. The van der Waals surface area contributed by atoms with Gasteiger partial charge >= 0.3 is 0 Å². The molecule has 128 valence electrons. The van der Waals surface area contributed by atoms with E-state index < -0.39 is 0 Å². The highest BCUT2D eigenvalue weighted by Gasteiger charge is 2.11. The summed E-state index contributed by atoms with van der Waals surface area (Å²) in [6.07, 6.45) is 3.59. The van der Waals surface area contributed by atoms with Crippen molar-refractivity contribution in [3.63, 3.8) is 0 Å². The number of hydrogen-bond acceptors (Lipinski definition) is 3. The quantitative estimate of drug-likeness (QED) is 0.692. The molecule has 0 aliphatic heterocycles. The minimum atomic E-state index is -0.379. The van der Waals surface area contributed by atoms with Gasteiger partial charge in [-0.25, -0.2) is 9.37 Å². The van der Waals surface area contributed by atoms with Crippen LogP contribution in [0.25, 0.3) is 5.69 Å². The van der Waals surface area contributed by atoms with Gasteiger partial charge in [0, 0.05) is 18.1 Å². The van der Waals surface area contributed by atoms with E-state index >= 15 is 0 Å². The molecule has 3 aromatic rings. The molecule has 0 saturated heterocycles. The lowest BCUT2D eigenvalue weighted by atomic mass is 10.1. The third-order valence-electron chi connectivity index (χ3n) is 3.66. The first-order valence-electron chi connectivity index (χ1n) is 7.82. The summed E-state index contributed by atoms with van der Waals surface area (Å²) in [7, 11) is 0. The summed E-state index contributed by atoms with van der Waals surface area (Å²) in [5.41, 5.74) is 3.83. The van der Waals surface area contributed by atoms with Gasteiger partial charge in [-0.2, -0.15) is 0 Å². The van der Waals surface area contributed by atoms with E-state index in [0.717, 1.165) is 16.4 Å². The Balaban J connectivity index is 1.68. The molecule has 0 bridgehead atoms. The predicted octanol–water partition coefficient (Wildman–Crippen LogP) is 4.36. The number of rotatable bonds is 5. The number of aromatic nitrogens is 2. The predicted molar refractivity (Wildman–Crippen MR) is 98.8 cm³/mol. The van der Waals surface area contributed by atoms with E-state index in [4.69, 9.17) is 0 Å². The van der Waals surface area contributed by atoms with Crippen LogP contribution in [0.4, 0.5) is 10.1 Å². The maximum absolute atomic E-state index is 13.2. The van der Waals surface area contributed by atoms with Crippen LogP contribution in [0.2, 0.25) is 0 Å². The van der Waals surface area contributed by atoms with Crippen molar-refractivity contribution < 1.29 is 9.18 Å². The number of imidazole rings is 1. The number of carbonyl (C=O) groups excluding carboxylic acids is 1. The monoisotopic (exact) mass is 355 g/mol. The molecule has 2 aromatic carbocycles. The summed E-state index contributed by atoms with van der Waals surface area (Å²) >= 11 is 1.34. The fourth-order valence-corrected chi connectivity index (χ4v) is 3.32. The Kier molecular flexibility index (Phi) is 5.19. The third-order valence-corrected chi connectivity index (χ3v) is 4.63. The largest absolute Gasteiger partial charge is 0.325 e. The van der Waals surface area contributed by atoms with Crippen LogP contribution in [0.1, 0.15) is 11.1 Å². The van der Waals surface area contributed by atoms with Crippen LogP contribution in [0, 0.1) is 19.7 Å². The minimum absolute atomic E-state index is 0.193. The Bertz CT molecular complexity index is 907. The number of benzene rings is 2. The van der Waals surface area contributed by atoms with Crippen LogP contribution in [0.5, 0.6) is 0 Å². The van der Waals surface area contributed by atoms with Crippen molar-refractivity contribution >= 4 is 23.4 Å². The van der Waals surface area contributed by atoms with Crippen molar-refractivity contribution in [1.29, 1.82) is 0 Å². The number of hydrogen-bond donors (Lipinski definition) is 1. The van der Waals surface area contributed by atoms with Crippen LogP contribution in [0.15, 0.2) is 60.0 Å². The number of nitrogens with one attached hydrogen (secondary N) is 1. The van der Waals surface area contributed by atoms with E-state index in [9.17, 15) is 9.18 Å². The van der Waals surface area contributed by atoms with Gasteiger partial charge in [-0.1, -0.05) is 35.5 Å². The molecule has 0 spiro atoms. The highest BCUT2D eigenvalue weighted by atomic mass is 32.2. The van der Waals surface area contributed by atoms with Gasteiger partial charge in [0.2, 0.25) is 5.91 Å². The summed E-state index contributed by atoms with van der Waals surface area (Å²) in [4.78, 5) is 16.4. The fourth-order valence-electron chi connectivity index (χ4n) is 2.55. The van der Waals surface area contributed by atoms with Gasteiger partial charge < -0.3 is 5.32 Å². The molecule has 1 N–H and O–H groups in total. The average Bonchev–Trinajstić information content (AvgIpc) is 3.01.